The number of halogens is 2. The summed E-state index contributed by atoms with van der Waals surface area (Å²) in [7, 11) is 0. The van der Waals surface area contributed by atoms with Crippen molar-refractivity contribution < 1.29 is 9.13 Å². The first-order chi connectivity index (χ1) is 9.69. The van der Waals surface area contributed by atoms with E-state index in [-0.39, 0.29) is 16.9 Å². The molecule has 1 aliphatic heterocycles. The lowest BCUT2D eigenvalue weighted by atomic mass is 9.98. The molecule has 0 amide bonds. The van der Waals surface area contributed by atoms with E-state index >= 15 is 0 Å². The van der Waals surface area contributed by atoms with E-state index in [9.17, 15) is 4.39 Å². The van der Waals surface area contributed by atoms with Gasteiger partial charge in [0, 0.05) is 12.6 Å². The minimum absolute atomic E-state index is 0.155. The van der Waals surface area contributed by atoms with Crippen LogP contribution in [0, 0.1) is 5.82 Å². The highest BCUT2D eigenvalue weighted by Crippen LogP contribution is 2.20. The second kappa shape index (κ2) is 7.93. The third-order valence-electron chi connectivity index (χ3n) is 3.81. The minimum atomic E-state index is -0.386. The third-order valence-corrected chi connectivity index (χ3v) is 4.10. The molecule has 0 saturated carbocycles. The highest BCUT2D eigenvalue weighted by atomic mass is 35.5. The molecule has 20 heavy (non-hydrogen) atoms. The molecular weight excluding hydrogens is 279 g/mol. The molecule has 2 unspecified atom stereocenters. The van der Waals surface area contributed by atoms with Crippen LogP contribution in [-0.2, 0) is 11.2 Å². The SMILES string of the molecule is NNC(CCC1CCCCO1)Cc1ccc(F)c(Cl)c1. The molecule has 1 saturated heterocycles. The molecule has 3 N–H and O–H groups in total. The van der Waals surface area contributed by atoms with Gasteiger partial charge in [0.1, 0.15) is 5.82 Å². The Morgan fingerprint density at radius 1 is 1.45 bits per heavy atom. The third kappa shape index (κ3) is 4.70. The van der Waals surface area contributed by atoms with E-state index in [2.05, 4.69) is 5.43 Å². The first-order valence-electron chi connectivity index (χ1n) is 7.20. The van der Waals surface area contributed by atoms with Gasteiger partial charge in [-0.3, -0.25) is 11.3 Å². The van der Waals surface area contributed by atoms with Gasteiger partial charge in [-0.2, -0.15) is 0 Å². The Balaban J connectivity index is 1.83. The molecule has 0 bridgehead atoms. The number of hydrogen-bond acceptors (Lipinski definition) is 3. The van der Waals surface area contributed by atoms with E-state index in [1.165, 1.54) is 18.9 Å². The van der Waals surface area contributed by atoms with Gasteiger partial charge in [0.25, 0.3) is 0 Å². The Kier molecular flexibility index (Phi) is 6.23. The average molecular weight is 301 g/mol. The maximum atomic E-state index is 13.1. The molecule has 2 rings (SSSR count). The largest absolute Gasteiger partial charge is 0.378 e. The van der Waals surface area contributed by atoms with Gasteiger partial charge in [-0.1, -0.05) is 17.7 Å². The Labute approximate surface area is 124 Å². The van der Waals surface area contributed by atoms with Gasteiger partial charge in [0.2, 0.25) is 0 Å². The molecular formula is C15H22ClFN2O. The molecule has 112 valence electrons. The fourth-order valence-corrected chi connectivity index (χ4v) is 2.82. The zero-order chi connectivity index (χ0) is 14.4. The maximum Gasteiger partial charge on any atom is 0.141 e. The van der Waals surface area contributed by atoms with E-state index in [4.69, 9.17) is 22.2 Å². The molecule has 0 aromatic heterocycles. The fourth-order valence-electron chi connectivity index (χ4n) is 2.62. The number of nitrogens with one attached hydrogen (secondary N) is 1. The number of benzene rings is 1. The summed E-state index contributed by atoms with van der Waals surface area (Å²) in [5, 5.41) is 0.161. The monoisotopic (exact) mass is 300 g/mol. The van der Waals surface area contributed by atoms with Crippen LogP contribution < -0.4 is 11.3 Å². The van der Waals surface area contributed by atoms with Gasteiger partial charge in [-0.15, -0.1) is 0 Å². The number of rotatable bonds is 6. The normalized spacial score (nSPS) is 20.9. The second-order valence-corrected chi connectivity index (χ2v) is 5.79. The zero-order valence-electron chi connectivity index (χ0n) is 11.6. The van der Waals surface area contributed by atoms with Gasteiger partial charge in [0.15, 0.2) is 0 Å². The van der Waals surface area contributed by atoms with Gasteiger partial charge in [-0.05, 0) is 56.2 Å². The standard InChI is InChI=1S/C15H22ClFN2O/c16-14-10-11(4-7-15(14)17)9-12(19-18)5-6-13-3-1-2-8-20-13/h4,7,10,12-13,19H,1-3,5-6,8-9,18H2. The second-order valence-electron chi connectivity index (χ2n) is 5.38. The maximum absolute atomic E-state index is 13.1. The summed E-state index contributed by atoms with van der Waals surface area (Å²) in [6.07, 6.45) is 6.60. The molecule has 3 nitrogen and oxygen atoms in total. The first kappa shape index (κ1) is 15.7. The predicted octanol–water partition coefficient (Wildman–Crippen LogP) is 3.20. The van der Waals surface area contributed by atoms with E-state index in [1.807, 2.05) is 0 Å². The van der Waals surface area contributed by atoms with Crippen molar-refractivity contribution in [3.63, 3.8) is 0 Å². The summed E-state index contributed by atoms with van der Waals surface area (Å²) < 4.78 is 18.8. The van der Waals surface area contributed by atoms with Crippen molar-refractivity contribution in [1.82, 2.24) is 5.43 Å². The van der Waals surface area contributed by atoms with Crippen molar-refractivity contribution >= 4 is 11.6 Å². The molecule has 1 heterocycles. The smallest absolute Gasteiger partial charge is 0.141 e. The van der Waals surface area contributed by atoms with Gasteiger partial charge < -0.3 is 4.74 Å². The Morgan fingerprint density at radius 2 is 2.30 bits per heavy atom. The number of hydrazine groups is 1. The molecule has 1 aromatic rings. The highest BCUT2D eigenvalue weighted by molar-refractivity contribution is 6.30. The van der Waals surface area contributed by atoms with Crippen molar-refractivity contribution in [1.29, 1.82) is 0 Å². The topological polar surface area (TPSA) is 47.3 Å². The molecule has 5 heteroatoms. The van der Waals surface area contributed by atoms with Crippen molar-refractivity contribution in [2.75, 3.05) is 6.61 Å². The van der Waals surface area contributed by atoms with Crippen LogP contribution in [0.4, 0.5) is 4.39 Å². The van der Waals surface area contributed by atoms with Crippen molar-refractivity contribution in [2.45, 2.75) is 50.7 Å². The van der Waals surface area contributed by atoms with E-state index in [0.29, 0.717) is 6.10 Å². The van der Waals surface area contributed by atoms with E-state index in [0.717, 1.165) is 37.9 Å². The van der Waals surface area contributed by atoms with Crippen LogP contribution >= 0.6 is 11.6 Å². The Morgan fingerprint density at radius 3 is 2.95 bits per heavy atom. The predicted molar refractivity (Wildman–Crippen MR) is 79.1 cm³/mol. The lowest BCUT2D eigenvalue weighted by Gasteiger charge is -2.24. The molecule has 0 spiro atoms. The summed E-state index contributed by atoms with van der Waals surface area (Å²) in [6.45, 7) is 0.874. The van der Waals surface area contributed by atoms with E-state index in [1.54, 1.807) is 12.1 Å². The summed E-state index contributed by atoms with van der Waals surface area (Å²) in [5.41, 5.74) is 3.82. The molecule has 0 radical (unpaired) electrons. The quantitative estimate of drug-likeness (QED) is 0.626. The van der Waals surface area contributed by atoms with Crippen LogP contribution in [0.15, 0.2) is 18.2 Å². The fraction of sp³-hybridized carbons (Fsp3) is 0.600. The van der Waals surface area contributed by atoms with Crippen molar-refractivity contribution in [3.8, 4) is 0 Å². The number of ether oxygens (including phenoxy) is 1. The highest BCUT2D eigenvalue weighted by Gasteiger charge is 2.16. The van der Waals surface area contributed by atoms with Crippen LogP contribution in [0.25, 0.3) is 0 Å². The van der Waals surface area contributed by atoms with E-state index < -0.39 is 0 Å². The van der Waals surface area contributed by atoms with Crippen LogP contribution in [0.5, 0.6) is 0 Å². The summed E-state index contributed by atoms with van der Waals surface area (Å²) in [5.74, 6) is 5.22. The zero-order valence-corrected chi connectivity index (χ0v) is 12.3. The van der Waals surface area contributed by atoms with Gasteiger partial charge in [0.05, 0.1) is 11.1 Å². The number of nitrogens with two attached hydrogens (primary N) is 1. The Bertz CT molecular complexity index is 424. The van der Waals surface area contributed by atoms with Gasteiger partial charge in [-0.25, -0.2) is 4.39 Å². The lowest BCUT2D eigenvalue weighted by Crippen LogP contribution is -2.37. The minimum Gasteiger partial charge on any atom is -0.378 e. The van der Waals surface area contributed by atoms with Crippen LogP contribution in [0.1, 0.15) is 37.7 Å². The molecule has 1 fully saturated rings. The van der Waals surface area contributed by atoms with Crippen molar-refractivity contribution in [2.24, 2.45) is 5.84 Å². The van der Waals surface area contributed by atoms with Crippen molar-refractivity contribution in [3.05, 3.63) is 34.6 Å². The summed E-state index contributed by atoms with van der Waals surface area (Å²) in [6, 6.07) is 4.97. The van der Waals surface area contributed by atoms with Crippen LogP contribution in [-0.4, -0.2) is 18.8 Å². The number of hydrogen-bond donors (Lipinski definition) is 2. The molecule has 0 aliphatic carbocycles. The van der Waals surface area contributed by atoms with Crippen LogP contribution in [0.3, 0.4) is 0 Å². The summed E-state index contributed by atoms with van der Waals surface area (Å²) in [4.78, 5) is 0. The first-order valence-corrected chi connectivity index (χ1v) is 7.58. The summed E-state index contributed by atoms with van der Waals surface area (Å²) >= 11 is 5.79. The van der Waals surface area contributed by atoms with Crippen LogP contribution in [0.2, 0.25) is 5.02 Å². The Hall–Kier alpha value is -0.680. The molecule has 2 atom stereocenters. The molecule has 1 aliphatic rings. The lowest BCUT2D eigenvalue weighted by molar-refractivity contribution is 0.00858. The molecule has 1 aromatic carbocycles. The van der Waals surface area contributed by atoms with Gasteiger partial charge >= 0.3 is 0 Å². The average Bonchev–Trinajstić information content (AvgIpc) is 2.48.